The van der Waals surface area contributed by atoms with E-state index < -0.39 is 17.8 Å². The Morgan fingerprint density at radius 3 is 2.58 bits per heavy atom. The number of nitrogens with one attached hydrogen (secondary N) is 2. The van der Waals surface area contributed by atoms with E-state index in [1.807, 2.05) is 51.1 Å². The molecule has 0 bridgehead atoms. The highest BCUT2D eigenvalue weighted by molar-refractivity contribution is 6.16. The number of aryl methyl sites for hydroxylation is 2. The van der Waals surface area contributed by atoms with Gasteiger partial charge in [-0.1, -0.05) is 39.0 Å². The number of ether oxygens (including phenoxy) is 1. The van der Waals surface area contributed by atoms with E-state index in [0.717, 1.165) is 39.3 Å². The van der Waals surface area contributed by atoms with Crippen molar-refractivity contribution in [3.63, 3.8) is 0 Å². The minimum atomic E-state index is -0.613. The molecule has 1 heterocycles. The summed E-state index contributed by atoms with van der Waals surface area (Å²) in [6.07, 6.45) is 2.41. The van der Waals surface area contributed by atoms with Crippen LogP contribution in [-0.2, 0) is 16.0 Å². The standard InChI is InChI=1S/C26H31N3O4/c1-6-18-10-8-9-11-21(18)27-24(30)15-29-25(31)22(28-26(29)32)14-19-13-20(16(3)4)23(33-7-2)12-17(19)5/h8-14,16H,6-7,15H2,1-5H3,(H,27,30)(H,28,32)/b22-14+. The number of hydrogen-bond donors (Lipinski definition) is 2. The van der Waals surface area contributed by atoms with Crippen LogP contribution in [0.2, 0.25) is 0 Å². The maximum Gasteiger partial charge on any atom is 0.329 e. The summed E-state index contributed by atoms with van der Waals surface area (Å²) in [5.74, 6) is 0.0854. The van der Waals surface area contributed by atoms with Crippen LogP contribution in [0, 0.1) is 6.92 Å². The molecule has 0 radical (unpaired) electrons. The molecule has 1 fully saturated rings. The number of rotatable bonds is 8. The van der Waals surface area contributed by atoms with E-state index in [-0.39, 0.29) is 18.2 Å². The number of urea groups is 1. The molecule has 7 nitrogen and oxygen atoms in total. The Labute approximate surface area is 194 Å². The van der Waals surface area contributed by atoms with E-state index in [0.29, 0.717) is 12.3 Å². The van der Waals surface area contributed by atoms with Crippen molar-refractivity contribution >= 4 is 29.6 Å². The van der Waals surface area contributed by atoms with Crippen LogP contribution in [-0.4, -0.2) is 35.9 Å². The summed E-state index contributed by atoms with van der Waals surface area (Å²) in [4.78, 5) is 38.8. The summed E-state index contributed by atoms with van der Waals surface area (Å²) >= 11 is 0. The highest BCUT2D eigenvalue weighted by Crippen LogP contribution is 2.31. The average molecular weight is 450 g/mol. The van der Waals surface area contributed by atoms with Crippen molar-refractivity contribution in [2.75, 3.05) is 18.5 Å². The fraction of sp³-hybridized carbons (Fsp3) is 0.346. The Balaban J connectivity index is 1.79. The van der Waals surface area contributed by atoms with Gasteiger partial charge in [-0.2, -0.15) is 0 Å². The third-order valence-corrected chi connectivity index (χ3v) is 5.56. The lowest BCUT2D eigenvalue weighted by molar-refractivity contribution is -0.127. The number of imide groups is 1. The molecule has 7 heteroatoms. The highest BCUT2D eigenvalue weighted by Gasteiger charge is 2.35. The summed E-state index contributed by atoms with van der Waals surface area (Å²) in [7, 11) is 0. The van der Waals surface area contributed by atoms with Crippen LogP contribution in [0.15, 0.2) is 42.1 Å². The SMILES string of the molecule is CCOc1cc(C)c(/C=C2/NC(=O)N(CC(=O)Nc3ccccc3CC)C2=O)cc1C(C)C. The predicted octanol–water partition coefficient (Wildman–Crippen LogP) is 4.61. The highest BCUT2D eigenvalue weighted by atomic mass is 16.5. The molecule has 174 valence electrons. The van der Waals surface area contributed by atoms with Gasteiger partial charge in [-0.15, -0.1) is 0 Å². The molecule has 33 heavy (non-hydrogen) atoms. The molecule has 2 aromatic carbocycles. The van der Waals surface area contributed by atoms with Crippen molar-refractivity contribution in [1.82, 2.24) is 10.2 Å². The Bertz CT molecular complexity index is 1100. The molecule has 0 unspecified atom stereocenters. The molecule has 3 rings (SSSR count). The maximum atomic E-state index is 12.9. The lowest BCUT2D eigenvalue weighted by Crippen LogP contribution is -2.38. The molecule has 0 aromatic heterocycles. The maximum absolute atomic E-state index is 12.9. The van der Waals surface area contributed by atoms with Crippen molar-refractivity contribution in [2.24, 2.45) is 0 Å². The number of amides is 4. The van der Waals surface area contributed by atoms with Crippen molar-refractivity contribution in [3.05, 3.63) is 64.3 Å². The summed E-state index contributed by atoms with van der Waals surface area (Å²) in [5.41, 5.74) is 4.56. The number of benzene rings is 2. The summed E-state index contributed by atoms with van der Waals surface area (Å²) in [6, 6.07) is 10.8. The van der Waals surface area contributed by atoms with Crippen LogP contribution in [0.4, 0.5) is 10.5 Å². The summed E-state index contributed by atoms with van der Waals surface area (Å²) in [6.45, 7) is 10.2. The van der Waals surface area contributed by atoms with E-state index in [2.05, 4.69) is 24.5 Å². The molecule has 2 aromatic rings. The number of carbonyl (C=O) groups excluding carboxylic acids is 3. The van der Waals surface area contributed by atoms with Crippen molar-refractivity contribution in [3.8, 4) is 5.75 Å². The zero-order chi connectivity index (χ0) is 24.1. The van der Waals surface area contributed by atoms with Crippen LogP contribution >= 0.6 is 0 Å². The number of nitrogens with zero attached hydrogens (tertiary/aromatic N) is 1. The van der Waals surface area contributed by atoms with Gasteiger partial charge in [0.15, 0.2) is 0 Å². The number of hydrogen-bond acceptors (Lipinski definition) is 4. The van der Waals surface area contributed by atoms with Gasteiger partial charge in [-0.05, 0) is 72.7 Å². The van der Waals surface area contributed by atoms with Crippen LogP contribution in [0.5, 0.6) is 5.75 Å². The van der Waals surface area contributed by atoms with Gasteiger partial charge in [-0.3, -0.25) is 9.59 Å². The van der Waals surface area contributed by atoms with Gasteiger partial charge in [0.05, 0.1) is 6.61 Å². The van der Waals surface area contributed by atoms with Crippen molar-refractivity contribution in [1.29, 1.82) is 0 Å². The molecule has 0 saturated carbocycles. The third-order valence-electron chi connectivity index (χ3n) is 5.56. The molecular formula is C26H31N3O4. The second-order valence-electron chi connectivity index (χ2n) is 8.27. The normalized spacial score (nSPS) is 14.7. The average Bonchev–Trinajstić information content (AvgIpc) is 3.03. The van der Waals surface area contributed by atoms with E-state index in [1.165, 1.54) is 0 Å². The van der Waals surface area contributed by atoms with Gasteiger partial charge in [0.25, 0.3) is 5.91 Å². The van der Waals surface area contributed by atoms with Crippen LogP contribution in [0.3, 0.4) is 0 Å². The molecule has 0 atom stereocenters. The van der Waals surface area contributed by atoms with Gasteiger partial charge in [0.2, 0.25) is 5.91 Å². The van der Waals surface area contributed by atoms with Gasteiger partial charge in [0.1, 0.15) is 18.0 Å². The Morgan fingerprint density at radius 2 is 1.91 bits per heavy atom. The monoisotopic (exact) mass is 449 g/mol. The first-order chi connectivity index (χ1) is 15.7. The van der Waals surface area contributed by atoms with Crippen LogP contribution in [0.25, 0.3) is 6.08 Å². The minimum Gasteiger partial charge on any atom is -0.494 e. The predicted molar refractivity (Wildman–Crippen MR) is 129 cm³/mol. The summed E-state index contributed by atoms with van der Waals surface area (Å²) < 4.78 is 5.76. The van der Waals surface area contributed by atoms with Crippen molar-refractivity contribution < 1.29 is 19.1 Å². The van der Waals surface area contributed by atoms with E-state index in [9.17, 15) is 14.4 Å². The quantitative estimate of drug-likeness (QED) is 0.455. The van der Waals surface area contributed by atoms with Gasteiger partial charge < -0.3 is 15.4 Å². The molecule has 0 aliphatic carbocycles. The molecule has 0 spiro atoms. The van der Waals surface area contributed by atoms with Crippen LogP contribution in [0.1, 0.15) is 55.9 Å². The first-order valence-corrected chi connectivity index (χ1v) is 11.2. The molecule has 1 aliphatic heterocycles. The second-order valence-corrected chi connectivity index (χ2v) is 8.27. The fourth-order valence-corrected chi connectivity index (χ4v) is 3.76. The molecule has 2 N–H and O–H groups in total. The topological polar surface area (TPSA) is 87.7 Å². The van der Waals surface area contributed by atoms with E-state index in [1.54, 1.807) is 12.1 Å². The minimum absolute atomic E-state index is 0.142. The zero-order valence-electron chi connectivity index (χ0n) is 19.8. The third kappa shape index (κ3) is 5.42. The number of carbonyl (C=O) groups is 3. The Hall–Kier alpha value is -3.61. The first kappa shape index (κ1) is 24.0. The van der Waals surface area contributed by atoms with Gasteiger partial charge >= 0.3 is 6.03 Å². The molecule has 4 amide bonds. The smallest absolute Gasteiger partial charge is 0.329 e. The Morgan fingerprint density at radius 1 is 1.18 bits per heavy atom. The van der Waals surface area contributed by atoms with Gasteiger partial charge in [0, 0.05) is 5.69 Å². The van der Waals surface area contributed by atoms with E-state index in [4.69, 9.17) is 4.74 Å². The molecule has 1 saturated heterocycles. The zero-order valence-corrected chi connectivity index (χ0v) is 19.8. The van der Waals surface area contributed by atoms with E-state index >= 15 is 0 Å². The first-order valence-electron chi connectivity index (χ1n) is 11.2. The van der Waals surface area contributed by atoms with Crippen LogP contribution < -0.4 is 15.4 Å². The second kappa shape index (κ2) is 10.3. The molecule has 1 aliphatic rings. The largest absolute Gasteiger partial charge is 0.494 e. The van der Waals surface area contributed by atoms with Crippen molar-refractivity contribution in [2.45, 2.75) is 47.0 Å². The molecular weight excluding hydrogens is 418 g/mol. The fourth-order valence-electron chi connectivity index (χ4n) is 3.76. The number of anilines is 1. The lowest BCUT2D eigenvalue weighted by Gasteiger charge is -2.16. The lowest BCUT2D eigenvalue weighted by atomic mass is 9.96. The summed E-state index contributed by atoms with van der Waals surface area (Å²) in [5, 5.41) is 5.39. The number of para-hydroxylation sites is 1. The van der Waals surface area contributed by atoms with Gasteiger partial charge in [-0.25, -0.2) is 9.69 Å². The Kier molecular flexibility index (Phi) is 7.53.